The Balaban J connectivity index is 0.0000000971. The van der Waals surface area contributed by atoms with E-state index in [4.69, 9.17) is 0 Å². The van der Waals surface area contributed by atoms with Crippen LogP contribution in [0.25, 0.3) is 49.3 Å². The summed E-state index contributed by atoms with van der Waals surface area (Å²) in [6, 6.07) is 44.6. The molecule has 0 spiro atoms. The molecule has 4 amide bonds. The molecule has 6 aromatic carbocycles. The second-order valence-electron chi connectivity index (χ2n) is 33.2. The molecular weight excluding hydrogens is 1320 g/mol. The first kappa shape index (κ1) is 67.7. The molecule has 0 aliphatic carbocycles. The fourth-order valence-electron chi connectivity index (χ4n) is 22.1. The summed E-state index contributed by atoms with van der Waals surface area (Å²) < 4.78 is 22.1. The van der Waals surface area contributed by atoms with Crippen molar-refractivity contribution in [1.82, 2.24) is 57.5 Å². The second kappa shape index (κ2) is 27.7. The molecule has 8 bridgehead atoms. The molecule has 0 N–H and O–H groups in total. The van der Waals surface area contributed by atoms with Crippen LogP contribution in [0.1, 0.15) is 140 Å². The third-order valence-electron chi connectivity index (χ3n) is 27.7. The van der Waals surface area contributed by atoms with Gasteiger partial charge in [-0.1, -0.05) is 61.0 Å². The van der Waals surface area contributed by atoms with Crippen molar-refractivity contribution in [2.45, 2.75) is 139 Å². The Morgan fingerprint density at radius 1 is 0.368 bits per heavy atom. The van der Waals surface area contributed by atoms with Crippen molar-refractivity contribution in [3.8, 4) is 5.69 Å². The number of rotatable bonds is 7. The molecule has 5 atom stereocenters. The number of hydrogen-bond acceptors (Lipinski definition) is 8. The van der Waals surface area contributed by atoms with Gasteiger partial charge < -0.3 is 57.5 Å². The molecule has 4 aromatic heterocycles. The van der Waals surface area contributed by atoms with Crippen LogP contribution in [0.3, 0.4) is 0 Å². The zero-order valence-corrected chi connectivity index (χ0v) is 62.0. The quantitative estimate of drug-likeness (QED) is 0.155. The molecule has 25 rings (SSSR count). The first-order valence-electron chi connectivity index (χ1n) is 40.1. The number of carbonyl (C=O) groups excluding carboxylic acids is 4. The molecule has 15 aliphatic rings. The van der Waals surface area contributed by atoms with E-state index in [0.29, 0.717) is 54.0 Å². The molecule has 0 saturated carbocycles. The van der Waals surface area contributed by atoms with Gasteiger partial charge in [-0.3, -0.25) is 19.2 Å². The van der Waals surface area contributed by atoms with Crippen molar-refractivity contribution in [2.24, 2.45) is 31.8 Å². The number of amides is 4. The van der Waals surface area contributed by atoms with Crippen LogP contribution in [0.4, 0.5) is 4.39 Å². The SMILES string of the molecule is CN1C2CCCC1CC(N1CCc3cn(C)c4cccc(c34)C1=O)C2.Cn1cc2c3c(cccc31)C(=O)N(C1CN3CCC1CC3)CC2.O=C1c2cccc3c2c(cn3-c2ccc(F)cc2)CCN1C1CN2CCC1CC2.O=C1c2cccc3c2c(cn3Cc2ccccc2)CCN1C1CN2CCC1CC2. The minimum atomic E-state index is -0.240. The minimum Gasteiger partial charge on any atom is -0.350 e. The van der Waals surface area contributed by atoms with Gasteiger partial charge in [0.05, 0.1) is 5.52 Å². The number of piperidine rings is 11. The summed E-state index contributed by atoms with van der Waals surface area (Å²) in [4.78, 5) is 73.0. The lowest BCUT2D eigenvalue weighted by Crippen LogP contribution is -2.58. The van der Waals surface area contributed by atoms with Crippen LogP contribution in [-0.2, 0) is 46.3 Å². The van der Waals surface area contributed by atoms with E-state index >= 15 is 0 Å². The van der Waals surface area contributed by atoms with Crippen LogP contribution in [0.2, 0.25) is 0 Å². The van der Waals surface area contributed by atoms with E-state index in [2.05, 4.69) is 164 Å². The van der Waals surface area contributed by atoms with Crippen LogP contribution in [0.15, 0.2) is 152 Å². The summed E-state index contributed by atoms with van der Waals surface area (Å²) in [5.41, 5.74) is 15.5. The topological polar surface area (TPSA) is 114 Å². The lowest BCUT2D eigenvalue weighted by atomic mass is 9.81. The smallest absolute Gasteiger partial charge is 0.254 e. The van der Waals surface area contributed by atoms with E-state index in [-0.39, 0.29) is 29.4 Å². The van der Waals surface area contributed by atoms with Crippen molar-refractivity contribution in [3.05, 3.63) is 208 Å². The van der Waals surface area contributed by atoms with E-state index in [1.54, 1.807) is 12.1 Å². The standard InChI is InChI=1S/C25H27N3O.C24H24FN3O.C21H27N3O.C19H23N3O/c29-25-21-7-4-8-22-24(21)20(16-27(22)15-18-5-2-1-3-6-18)11-14-28(25)23-17-26-12-9-19(23)10-13-26;25-18-4-6-19(7-5-18)28-14-17-10-13-27(22-15-26-11-8-16(22)9-12-26)24(29)20-2-1-3-21(28)23(17)20;1-22-13-14-9-10-24(21(25)18-7-4-8-19(22)20(14)18)17-11-15-5-3-6-16(12-17)23(15)2;1-20-11-14-7-10-22(17-12-21-8-5-13(17)6-9-21)19(23)15-3-2-4-16(20)18(14)15/h1-8,16,19,23H,9-15,17H2;1-7,14,16,22H,8-13,15H2;4,7-8,13,15-17H,3,5-6,9-12H2,1-2H3;2-4,11,13,17H,5-10,12H2,1H3. The molecular formula is C89H101FN12O4. The number of aryl methyl sites for hydroxylation is 2. The highest BCUT2D eigenvalue weighted by atomic mass is 19.1. The Kier molecular flexibility index (Phi) is 17.7. The molecule has 106 heavy (non-hydrogen) atoms. The van der Waals surface area contributed by atoms with Gasteiger partial charge >= 0.3 is 0 Å². The molecule has 11 saturated heterocycles. The van der Waals surface area contributed by atoms with Crippen LogP contribution < -0.4 is 0 Å². The Morgan fingerprint density at radius 3 is 1.20 bits per heavy atom. The number of benzene rings is 6. The summed E-state index contributed by atoms with van der Waals surface area (Å²) in [5, 5.41) is 4.61. The summed E-state index contributed by atoms with van der Waals surface area (Å²) >= 11 is 0. The molecule has 16 nitrogen and oxygen atoms in total. The van der Waals surface area contributed by atoms with Crippen molar-refractivity contribution < 1.29 is 23.6 Å². The summed E-state index contributed by atoms with van der Waals surface area (Å²) in [6.07, 6.45) is 26.3. The van der Waals surface area contributed by atoms with E-state index in [9.17, 15) is 23.6 Å². The summed E-state index contributed by atoms with van der Waals surface area (Å²) in [6.45, 7) is 14.6. The van der Waals surface area contributed by atoms with Crippen molar-refractivity contribution in [2.75, 3.05) is 92.1 Å². The second-order valence-corrected chi connectivity index (χ2v) is 33.2. The number of halogens is 1. The average molecular weight is 1420 g/mol. The molecule has 15 aliphatic heterocycles. The van der Waals surface area contributed by atoms with Crippen LogP contribution in [0, 0.1) is 23.6 Å². The number of hydrogen-bond donors (Lipinski definition) is 0. The van der Waals surface area contributed by atoms with Gasteiger partial charge in [0.1, 0.15) is 5.82 Å². The number of fused-ring (bicyclic) bond motifs is 11. The number of aromatic nitrogens is 4. The third kappa shape index (κ3) is 12.0. The highest BCUT2D eigenvalue weighted by molar-refractivity contribution is 6.11. The normalized spacial score (nSPS) is 27.9. The van der Waals surface area contributed by atoms with Gasteiger partial charge in [0, 0.05) is 194 Å². The Morgan fingerprint density at radius 2 is 0.755 bits per heavy atom. The molecule has 17 heteroatoms. The molecule has 19 heterocycles. The molecule has 548 valence electrons. The predicted molar refractivity (Wildman–Crippen MR) is 417 cm³/mol. The van der Waals surface area contributed by atoms with E-state index in [1.165, 1.54) is 170 Å². The average Bonchev–Trinajstić information content (AvgIpc) is 1.60. The first-order valence-corrected chi connectivity index (χ1v) is 40.1. The molecule has 5 unspecified atom stereocenters. The van der Waals surface area contributed by atoms with Crippen LogP contribution >= 0.6 is 0 Å². The first-order chi connectivity index (χ1) is 51.8. The van der Waals surface area contributed by atoms with Gasteiger partial charge in [-0.15, -0.1) is 0 Å². The monoisotopic (exact) mass is 1420 g/mol. The molecule has 0 radical (unpaired) electrons. The van der Waals surface area contributed by atoms with Crippen LogP contribution in [0.5, 0.6) is 0 Å². The van der Waals surface area contributed by atoms with Gasteiger partial charge in [0.2, 0.25) is 0 Å². The third-order valence-corrected chi connectivity index (χ3v) is 27.7. The van der Waals surface area contributed by atoms with Crippen molar-refractivity contribution in [1.29, 1.82) is 0 Å². The van der Waals surface area contributed by atoms with E-state index in [0.717, 1.165) is 130 Å². The highest BCUT2D eigenvalue weighted by Crippen LogP contribution is 2.42. The minimum absolute atomic E-state index is 0.171. The fraction of sp³-hybridized carbons (Fsp3) is 0.461. The molecule has 11 fully saturated rings. The van der Waals surface area contributed by atoms with Crippen LogP contribution in [-0.4, -0.2) is 209 Å². The number of nitrogens with zero attached hydrogens (tertiary/aromatic N) is 12. The Labute approximate surface area is 621 Å². The largest absolute Gasteiger partial charge is 0.350 e. The fourth-order valence-corrected chi connectivity index (χ4v) is 22.1. The maximum Gasteiger partial charge on any atom is 0.254 e. The number of carbonyl (C=O) groups is 4. The van der Waals surface area contributed by atoms with Gasteiger partial charge in [-0.2, -0.15) is 0 Å². The summed E-state index contributed by atoms with van der Waals surface area (Å²) in [7, 11) is 6.44. The van der Waals surface area contributed by atoms with Gasteiger partial charge in [-0.05, 0) is 255 Å². The van der Waals surface area contributed by atoms with Gasteiger partial charge in [0.25, 0.3) is 23.6 Å². The molecule has 10 aromatic rings. The maximum absolute atomic E-state index is 13.7. The Bertz CT molecular complexity index is 5010. The van der Waals surface area contributed by atoms with Crippen molar-refractivity contribution in [3.63, 3.8) is 0 Å². The zero-order chi connectivity index (χ0) is 71.6. The maximum atomic E-state index is 13.7. The predicted octanol–water partition coefficient (Wildman–Crippen LogP) is 13.1. The highest BCUT2D eigenvalue weighted by Gasteiger charge is 2.46. The van der Waals surface area contributed by atoms with Gasteiger partial charge in [-0.25, -0.2) is 4.39 Å². The lowest BCUT2D eigenvalue weighted by Gasteiger charge is -2.49. The van der Waals surface area contributed by atoms with Gasteiger partial charge in [0.15, 0.2) is 0 Å². The van der Waals surface area contributed by atoms with E-state index in [1.807, 2.05) is 42.5 Å². The van der Waals surface area contributed by atoms with E-state index < -0.39 is 0 Å². The lowest BCUT2D eigenvalue weighted by molar-refractivity contribution is 0.00803. The Hall–Kier alpha value is -8.87. The zero-order valence-electron chi connectivity index (χ0n) is 62.0. The van der Waals surface area contributed by atoms with Crippen molar-refractivity contribution >= 4 is 67.2 Å². The summed E-state index contributed by atoms with van der Waals surface area (Å²) in [5.74, 6) is 2.69.